The molecule has 2 heterocycles. The van der Waals surface area contributed by atoms with Crippen LogP contribution in [0, 0.1) is 11.7 Å². The predicted octanol–water partition coefficient (Wildman–Crippen LogP) is 2.32. The summed E-state index contributed by atoms with van der Waals surface area (Å²) in [5, 5.41) is 0. The first-order chi connectivity index (χ1) is 11.4. The van der Waals surface area contributed by atoms with Gasteiger partial charge >= 0.3 is 6.03 Å². The van der Waals surface area contributed by atoms with Crippen LogP contribution in [0.1, 0.15) is 25.8 Å². The number of hydrogen-bond acceptors (Lipinski definition) is 2. The lowest BCUT2D eigenvalue weighted by atomic mass is 9.98. The van der Waals surface area contributed by atoms with E-state index in [1.807, 2.05) is 0 Å². The van der Waals surface area contributed by atoms with E-state index in [1.54, 1.807) is 33.9 Å². The molecule has 0 aliphatic carbocycles. The first-order valence-corrected chi connectivity index (χ1v) is 8.43. The number of fused-ring (bicyclic) bond motifs is 1. The molecule has 2 aliphatic heterocycles. The fourth-order valence-electron chi connectivity index (χ4n) is 3.66. The molecule has 5 nitrogen and oxygen atoms in total. The maximum atomic E-state index is 13.0. The summed E-state index contributed by atoms with van der Waals surface area (Å²) in [7, 11) is 1.81. The second kappa shape index (κ2) is 6.42. The monoisotopic (exact) mass is 333 g/mol. The average Bonchev–Trinajstić information content (AvgIpc) is 2.82. The fraction of sp³-hybridized carbons (Fsp3) is 0.556. The van der Waals surface area contributed by atoms with E-state index in [2.05, 4.69) is 13.8 Å². The van der Waals surface area contributed by atoms with E-state index in [1.165, 1.54) is 12.1 Å². The number of rotatable bonds is 4. The molecule has 0 unspecified atom stereocenters. The lowest BCUT2D eigenvalue weighted by molar-refractivity contribution is -0.140. The normalized spacial score (nSPS) is 24.1. The zero-order valence-corrected chi connectivity index (χ0v) is 14.4. The maximum absolute atomic E-state index is 13.0. The molecule has 6 heteroatoms. The third-order valence-corrected chi connectivity index (χ3v) is 4.78. The maximum Gasteiger partial charge on any atom is 0.321 e. The Balaban J connectivity index is 1.79. The summed E-state index contributed by atoms with van der Waals surface area (Å²) in [6, 6.07) is 5.77. The smallest absolute Gasteiger partial charge is 0.321 e. The molecule has 0 saturated carbocycles. The van der Waals surface area contributed by atoms with Crippen molar-refractivity contribution in [2.45, 2.75) is 38.9 Å². The Hall–Kier alpha value is -2.11. The molecule has 1 aromatic carbocycles. The summed E-state index contributed by atoms with van der Waals surface area (Å²) in [5.41, 5.74) is 0.893. The van der Waals surface area contributed by atoms with Crippen LogP contribution < -0.4 is 0 Å². The molecule has 130 valence electrons. The zero-order valence-electron chi connectivity index (χ0n) is 14.4. The highest BCUT2D eigenvalue weighted by Gasteiger charge is 2.48. The molecule has 2 atom stereocenters. The van der Waals surface area contributed by atoms with E-state index in [0.717, 1.165) is 5.56 Å². The molecule has 0 bridgehead atoms. The molecule has 3 amide bonds. The number of nitrogens with zero attached hydrogens (tertiary/aromatic N) is 3. The number of likely N-dealkylation sites (N-methyl/N-ethyl adjacent to an activating group) is 1. The van der Waals surface area contributed by atoms with Gasteiger partial charge in [0.1, 0.15) is 11.9 Å². The fourth-order valence-corrected chi connectivity index (χ4v) is 3.66. The van der Waals surface area contributed by atoms with Crippen molar-refractivity contribution in [2.24, 2.45) is 5.92 Å². The van der Waals surface area contributed by atoms with Gasteiger partial charge in [-0.2, -0.15) is 0 Å². The Morgan fingerprint density at radius 3 is 2.46 bits per heavy atom. The average molecular weight is 333 g/mol. The number of benzene rings is 1. The summed E-state index contributed by atoms with van der Waals surface area (Å²) in [6.45, 7) is 5.74. The SMILES string of the molecule is CC(C)C[C@H]1C(=O)N(C)C[C@@H]2CN(Cc3ccc(F)cc3)C(=O)N21. The number of amides is 3. The first kappa shape index (κ1) is 16.7. The predicted molar refractivity (Wildman–Crippen MR) is 88.7 cm³/mol. The van der Waals surface area contributed by atoms with Crippen LogP contribution in [0.2, 0.25) is 0 Å². The van der Waals surface area contributed by atoms with Crippen molar-refractivity contribution < 1.29 is 14.0 Å². The summed E-state index contributed by atoms with van der Waals surface area (Å²) in [5.74, 6) is 0.0788. The van der Waals surface area contributed by atoms with Gasteiger partial charge in [-0.15, -0.1) is 0 Å². The van der Waals surface area contributed by atoms with Gasteiger partial charge in [0.2, 0.25) is 5.91 Å². The summed E-state index contributed by atoms with van der Waals surface area (Å²) in [6.07, 6.45) is 0.676. The number of piperazine rings is 1. The highest BCUT2D eigenvalue weighted by molar-refractivity contribution is 5.89. The molecule has 1 aromatic rings. The third kappa shape index (κ3) is 3.09. The minimum Gasteiger partial charge on any atom is -0.342 e. The van der Waals surface area contributed by atoms with E-state index < -0.39 is 0 Å². The lowest BCUT2D eigenvalue weighted by Crippen LogP contribution is -2.60. The number of urea groups is 1. The molecular formula is C18H24FN3O2. The van der Waals surface area contributed by atoms with Gasteiger partial charge < -0.3 is 14.7 Å². The summed E-state index contributed by atoms with van der Waals surface area (Å²) in [4.78, 5) is 30.7. The van der Waals surface area contributed by atoms with Crippen molar-refractivity contribution >= 4 is 11.9 Å². The van der Waals surface area contributed by atoms with E-state index in [9.17, 15) is 14.0 Å². The van der Waals surface area contributed by atoms with Crippen LogP contribution >= 0.6 is 0 Å². The quantitative estimate of drug-likeness (QED) is 0.849. The largest absolute Gasteiger partial charge is 0.342 e. The van der Waals surface area contributed by atoms with Crippen LogP contribution in [-0.4, -0.2) is 58.9 Å². The molecular weight excluding hydrogens is 309 g/mol. The molecule has 2 saturated heterocycles. The Labute approximate surface area is 142 Å². The van der Waals surface area contributed by atoms with Crippen molar-refractivity contribution in [1.29, 1.82) is 0 Å². The minimum absolute atomic E-state index is 0.0249. The Bertz CT molecular complexity index is 632. The van der Waals surface area contributed by atoms with Gasteiger partial charge in [0.15, 0.2) is 0 Å². The molecule has 2 aliphatic rings. The van der Waals surface area contributed by atoms with Crippen LogP contribution in [-0.2, 0) is 11.3 Å². The summed E-state index contributed by atoms with van der Waals surface area (Å²) < 4.78 is 13.0. The van der Waals surface area contributed by atoms with Crippen LogP contribution in [0.15, 0.2) is 24.3 Å². The Kier molecular flexibility index (Phi) is 4.47. The van der Waals surface area contributed by atoms with Crippen molar-refractivity contribution in [1.82, 2.24) is 14.7 Å². The Morgan fingerprint density at radius 2 is 1.83 bits per heavy atom. The topological polar surface area (TPSA) is 43.9 Å². The number of halogens is 1. The highest BCUT2D eigenvalue weighted by Crippen LogP contribution is 2.29. The second-order valence-corrected chi connectivity index (χ2v) is 7.21. The van der Waals surface area contributed by atoms with Gasteiger partial charge in [0.25, 0.3) is 0 Å². The molecule has 2 fully saturated rings. The standard InChI is InChI=1S/C18H24FN3O2/c1-12(2)8-16-17(23)20(3)10-15-11-21(18(24)22(15)16)9-13-4-6-14(19)7-5-13/h4-7,12,15-16H,8-11H2,1-3H3/t15-,16+/m1/s1. The van der Waals surface area contributed by atoms with E-state index in [4.69, 9.17) is 0 Å². The third-order valence-electron chi connectivity index (χ3n) is 4.78. The molecule has 3 rings (SSSR count). The molecule has 0 radical (unpaired) electrons. The van der Waals surface area contributed by atoms with Crippen molar-refractivity contribution in [2.75, 3.05) is 20.1 Å². The number of carbonyl (C=O) groups is 2. The van der Waals surface area contributed by atoms with Gasteiger partial charge in [-0.25, -0.2) is 9.18 Å². The number of carbonyl (C=O) groups excluding carboxylic acids is 2. The second-order valence-electron chi connectivity index (χ2n) is 7.21. The molecule has 0 N–H and O–H groups in total. The Morgan fingerprint density at radius 1 is 1.17 bits per heavy atom. The molecule has 0 aromatic heterocycles. The van der Waals surface area contributed by atoms with Crippen molar-refractivity contribution in [3.63, 3.8) is 0 Å². The lowest BCUT2D eigenvalue weighted by Gasteiger charge is -2.41. The van der Waals surface area contributed by atoms with Gasteiger partial charge in [-0.05, 0) is 30.0 Å². The van der Waals surface area contributed by atoms with E-state index in [0.29, 0.717) is 32.0 Å². The molecule has 0 spiro atoms. The zero-order chi connectivity index (χ0) is 17.4. The van der Waals surface area contributed by atoms with Crippen LogP contribution in [0.5, 0.6) is 0 Å². The van der Waals surface area contributed by atoms with Crippen molar-refractivity contribution in [3.8, 4) is 0 Å². The van der Waals surface area contributed by atoms with Crippen LogP contribution in [0.3, 0.4) is 0 Å². The van der Waals surface area contributed by atoms with Gasteiger partial charge in [0.05, 0.1) is 6.04 Å². The van der Waals surface area contributed by atoms with Crippen LogP contribution in [0.4, 0.5) is 9.18 Å². The highest BCUT2D eigenvalue weighted by atomic mass is 19.1. The number of hydrogen-bond donors (Lipinski definition) is 0. The van der Waals surface area contributed by atoms with E-state index >= 15 is 0 Å². The van der Waals surface area contributed by atoms with Gasteiger partial charge in [-0.3, -0.25) is 4.79 Å². The minimum atomic E-state index is -0.375. The first-order valence-electron chi connectivity index (χ1n) is 8.43. The van der Waals surface area contributed by atoms with Crippen LogP contribution in [0.25, 0.3) is 0 Å². The van der Waals surface area contributed by atoms with E-state index in [-0.39, 0.29) is 29.8 Å². The van der Waals surface area contributed by atoms with Gasteiger partial charge in [-0.1, -0.05) is 26.0 Å². The van der Waals surface area contributed by atoms with Crippen molar-refractivity contribution in [3.05, 3.63) is 35.6 Å². The summed E-state index contributed by atoms with van der Waals surface area (Å²) >= 11 is 0. The molecule has 24 heavy (non-hydrogen) atoms. The van der Waals surface area contributed by atoms with Gasteiger partial charge in [0, 0.05) is 26.7 Å².